The largest absolute Gasteiger partial charge is 0.494 e. The molecule has 1 amide bonds. The molecule has 1 aromatic carbocycles. The van der Waals surface area contributed by atoms with Crippen molar-refractivity contribution in [2.24, 2.45) is 4.99 Å². The van der Waals surface area contributed by atoms with Crippen molar-refractivity contribution < 1.29 is 28.9 Å². The summed E-state index contributed by atoms with van der Waals surface area (Å²) < 4.78 is 17.1. The second kappa shape index (κ2) is 13.4. The molecular weight excluding hydrogens is 450 g/mol. The van der Waals surface area contributed by atoms with Crippen LogP contribution in [0.5, 0.6) is 5.75 Å². The van der Waals surface area contributed by atoms with Crippen LogP contribution >= 0.6 is 0 Å². The standard InChI is InChI=1S/C26H41N3O6/c1-6-7-8-16-27-29-24(32)26(15-14-22(31)35-25(3,4)5)19(2)34-23(28-26)20-10-12-21(13-11-20)33-18-9-17-30/h10-13,19,27,30H,6-9,14-18H2,1-5H3,(H,29,32)/t19-,26-/m0/s1. The Morgan fingerprint density at radius 2 is 1.89 bits per heavy atom. The van der Waals surface area contributed by atoms with Crippen molar-refractivity contribution in [3.63, 3.8) is 0 Å². The number of nitrogens with one attached hydrogen (secondary N) is 2. The van der Waals surface area contributed by atoms with E-state index in [1.807, 2.05) is 32.9 Å². The number of aliphatic imine (C=N–C) groups is 1. The molecule has 9 nitrogen and oxygen atoms in total. The minimum absolute atomic E-state index is 0.0304. The molecule has 0 fully saturated rings. The molecule has 9 heteroatoms. The first kappa shape index (κ1) is 28.6. The number of aliphatic hydroxyl groups excluding tert-OH is 1. The first-order valence-electron chi connectivity index (χ1n) is 12.5. The minimum Gasteiger partial charge on any atom is -0.494 e. The lowest BCUT2D eigenvalue weighted by Crippen LogP contribution is -2.55. The van der Waals surface area contributed by atoms with Gasteiger partial charge in [0.1, 0.15) is 17.5 Å². The Labute approximate surface area is 208 Å². The van der Waals surface area contributed by atoms with Crippen LogP contribution in [0.2, 0.25) is 0 Å². The SMILES string of the molecule is CCCCCNNC(=O)[C@@]1(CCC(=O)OC(C)(C)C)N=C(c2ccc(OCCCO)cc2)O[C@H]1C. The number of esters is 1. The van der Waals surface area contributed by atoms with Crippen LogP contribution in [0, 0.1) is 0 Å². The number of hydrazine groups is 1. The highest BCUT2D eigenvalue weighted by Crippen LogP contribution is 2.33. The molecule has 35 heavy (non-hydrogen) atoms. The highest BCUT2D eigenvalue weighted by Gasteiger charge is 2.50. The van der Waals surface area contributed by atoms with E-state index < -0.39 is 17.2 Å². The number of ether oxygens (including phenoxy) is 3. The Balaban J connectivity index is 2.19. The van der Waals surface area contributed by atoms with E-state index in [2.05, 4.69) is 17.8 Å². The molecule has 2 atom stereocenters. The first-order chi connectivity index (χ1) is 16.6. The van der Waals surface area contributed by atoms with E-state index in [-0.39, 0.29) is 31.3 Å². The zero-order valence-corrected chi connectivity index (χ0v) is 21.7. The molecule has 0 radical (unpaired) electrons. The normalized spacial score (nSPS) is 19.6. The zero-order chi connectivity index (χ0) is 25.9. The summed E-state index contributed by atoms with van der Waals surface area (Å²) in [7, 11) is 0. The summed E-state index contributed by atoms with van der Waals surface area (Å²) in [6.07, 6.45) is 3.23. The Morgan fingerprint density at radius 3 is 2.51 bits per heavy atom. The summed E-state index contributed by atoms with van der Waals surface area (Å²) in [4.78, 5) is 30.5. The number of amides is 1. The van der Waals surface area contributed by atoms with Crippen molar-refractivity contribution in [1.29, 1.82) is 0 Å². The van der Waals surface area contributed by atoms with Crippen LogP contribution in [-0.2, 0) is 19.1 Å². The topological polar surface area (TPSA) is 118 Å². The maximum Gasteiger partial charge on any atom is 0.306 e. The quantitative estimate of drug-likeness (QED) is 0.208. The second-order valence-corrected chi connectivity index (χ2v) is 9.73. The minimum atomic E-state index is -1.28. The van der Waals surface area contributed by atoms with Gasteiger partial charge in [0.15, 0.2) is 5.54 Å². The van der Waals surface area contributed by atoms with Crippen molar-refractivity contribution in [2.75, 3.05) is 19.8 Å². The average molecular weight is 492 g/mol. The molecule has 0 unspecified atom stereocenters. The first-order valence-corrected chi connectivity index (χ1v) is 12.5. The number of aliphatic hydroxyl groups is 1. The summed E-state index contributed by atoms with van der Waals surface area (Å²) >= 11 is 0. The van der Waals surface area contributed by atoms with Gasteiger partial charge in [-0.2, -0.15) is 0 Å². The van der Waals surface area contributed by atoms with E-state index >= 15 is 0 Å². The molecule has 0 saturated carbocycles. The highest BCUT2D eigenvalue weighted by atomic mass is 16.6. The average Bonchev–Trinajstić information content (AvgIpc) is 3.14. The fraction of sp³-hybridized carbons (Fsp3) is 0.654. The summed E-state index contributed by atoms with van der Waals surface area (Å²) in [5.74, 6) is 0.272. The Kier molecular flexibility index (Phi) is 11.0. The molecule has 1 aliphatic rings. The van der Waals surface area contributed by atoms with Gasteiger partial charge in [0.25, 0.3) is 5.91 Å². The Bertz CT molecular complexity index is 850. The molecule has 2 rings (SSSR count). The third-order valence-electron chi connectivity index (χ3n) is 5.57. The molecule has 0 bridgehead atoms. The van der Waals surface area contributed by atoms with E-state index in [0.29, 0.717) is 36.8 Å². The van der Waals surface area contributed by atoms with Gasteiger partial charge in [0.2, 0.25) is 5.90 Å². The molecule has 196 valence electrons. The molecule has 1 heterocycles. The van der Waals surface area contributed by atoms with E-state index in [9.17, 15) is 9.59 Å². The smallest absolute Gasteiger partial charge is 0.306 e. The molecule has 1 aromatic rings. The van der Waals surface area contributed by atoms with Crippen molar-refractivity contribution in [2.45, 2.75) is 90.4 Å². The number of hydrogen-bond donors (Lipinski definition) is 3. The van der Waals surface area contributed by atoms with Crippen LogP contribution in [0.1, 0.15) is 78.7 Å². The van der Waals surface area contributed by atoms with Gasteiger partial charge >= 0.3 is 5.97 Å². The van der Waals surface area contributed by atoms with E-state index in [0.717, 1.165) is 19.3 Å². The van der Waals surface area contributed by atoms with Crippen molar-refractivity contribution >= 4 is 17.8 Å². The van der Waals surface area contributed by atoms with Gasteiger partial charge in [0.05, 0.1) is 6.61 Å². The Morgan fingerprint density at radius 1 is 1.17 bits per heavy atom. The summed E-state index contributed by atoms with van der Waals surface area (Å²) in [5, 5.41) is 8.90. The summed E-state index contributed by atoms with van der Waals surface area (Å²) in [6, 6.07) is 7.20. The van der Waals surface area contributed by atoms with Crippen LogP contribution in [0.4, 0.5) is 0 Å². The van der Waals surface area contributed by atoms with E-state index in [1.54, 1.807) is 19.1 Å². The van der Waals surface area contributed by atoms with Gasteiger partial charge in [-0.05, 0) is 64.8 Å². The van der Waals surface area contributed by atoms with E-state index in [4.69, 9.17) is 24.3 Å². The third-order valence-corrected chi connectivity index (χ3v) is 5.57. The maximum absolute atomic E-state index is 13.3. The van der Waals surface area contributed by atoms with Crippen LogP contribution in [0.25, 0.3) is 0 Å². The number of benzene rings is 1. The predicted octanol–water partition coefficient (Wildman–Crippen LogP) is 3.28. The molecule has 0 aliphatic carbocycles. The number of rotatable bonds is 14. The lowest BCUT2D eigenvalue weighted by atomic mass is 9.88. The molecule has 3 N–H and O–H groups in total. The molecule has 1 aliphatic heterocycles. The molecule has 0 saturated heterocycles. The van der Waals surface area contributed by atoms with Gasteiger partial charge < -0.3 is 19.3 Å². The number of hydrogen-bond acceptors (Lipinski definition) is 8. The second-order valence-electron chi connectivity index (χ2n) is 9.73. The summed E-state index contributed by atoms with van der Waals surface area (Å²) in [6.45, 7) is 10.5. The highest BCUT2D eigenvalue weighted by molar-refractivity contribution is 6.00. The van der Waals surface area contributed by atoms with Crippen molar-refractivity contribution in [3.8, 4) is 5.75 Å². The number of carbonyl (C=O) groups is 2. The third kappa shape index (κ3) is 8.81. The lowest BCUT2D eigenvalue weighted by molar-refractivity contribution is -0.155. The van der Waals surface area contributed by atoms with E-state index in [1.165, 1.54) is 0 Å². The van der Waals surface area contributed by atoms with Gasteiger partial charge in [-0.1, -0.05) is 19.8 Å². The van der Waals surface area contributed by atoms with Crippen LogP contribution in [-0.4, -0.2) is 59.9 Å². The summed E-state index contributed by atoms with van der Waals surface area (Å²) in [5.41, 5.74) is 4.56. The molecule has 0 aromatic heterocycles. The zero-order valence-electron chi connectivity index (χ0n) is 21.7. The van der Waals surface area contributed by atoms with Crippen molar-refractivity contribution in [1.82, 2.24) is 10.9 Å². The number of carbonyl (C=O) groups excluding carboxylic acids is 2. The maximum atomic E-state index is 13.3. The van der Waals surface area contributed by atoms with Gasteiger partial charge in [-0.3, -0.25) is 15.0 Å². The molecular formula is C26H41N3O6. The number of unbranched alkanes of at least 4 members (excludes halogenated alkanes) is 2. The number of nitrogens with zero attached hydrogens (tertiary/aromatic N) is 1. The fourth-order valence-electron chi connectivity index (χ4n) is 3.65. The monoisotopic (exact) mass is 491 g/mol. The van der Waals surface area contributed by atoms with Crippen molar-refractivity contribution in [3.05, 3.63) is 29.8 Å². The van der Waals surface area contributed by atoms with Gasteiger partial charge in [-0.25, -0.2) is 10.4 Å². The molecule has 0 spiro atoms. The van der Waals surface area contributed by atoms with Gasteiger partial charge in [-0.15, -0.1) is 0 Å². The van der Waals surface area contributed by atoms with Gasteiger partial charge in [0, 0.05) is 31.6 Å². The van der Waals surface area contributed by atoms with Crippen LogP contribution < -0.4 is 15.6 Å². The Hall–Kier alpha value is -2.65. The van der Waals surface area contributed by atoms with Crippen LogP contribution in [0.3, 0.4) is 0 Å². The van der Waals surface area contributed by atoms with Crippen LogP contribution in [0.15, 0.2) is 29.3 Å². The fourth-order valence-corrected chi connectivity index (χ4v) is 3.65. The lowest BCUT2D eigenvalue weighted by Gasteiger charge is -2.28. The predicted molar refractivity (Wildman–Crippen MR) is 134 cm³/mol.